The molecule has 0 spiro atoms. The second-order valence-electron chi connectivity index (χ2n) is 3.11. The molecular formula is C10H16O. The molecule has 11 heavy (non-hydrogen) atoms. The Hall–Kier alpha value is -0.560. The zero-order chi connectivity index (χ0) is 8.10. The fraction of sp³-hybridized carbons (Fsp3) is 0.600. The van der Waals surface area contributed by atoms with Gasteiger partial charge in [-0.2, -0.15) is 0 Å². The van der Waals surface area contributed by atoms with Gasteiger partial charge in [-0.05, 0) is 31.6 Å². The van der Waals surface area contributed by atoms with Crippen LogP contribution in [0.2, 0.25) is 0 Å². The maximum atomic E-state index is 9.46. The van der Waals surface area contributed by atoms with Gasteiger partial charge in [0.25, 0.3) is 0 Å². The first-order chi connectivity index (χ1) is 5.34. The third-order valence-electron chi connectivity index (χ3n) is 2.30. The van der Waals surface area contributed by atoms with Crippen LogP contribution in [-0.4, -0.2) is 11.2 Å². The molecule has 1 nitrogen and oxygen atoms in total. The van der Waals surface area contributed by atoms with E-state index in [2.05, 4.69) is 18.7 Å². The van der Waals surface area contributed by atoms with Crippen LogP contribution in [0.5, 0.6) is 0 Å². The third kappa shape index (κ3) is 2.51. The van der Waals surface area contributed by atoms with Crippen molar-refractivity contribution in [3.05, 3.63) is 24.8 Å². The Bertz CT molecular complexity index is 139. The molecule has 62 valence electrons. The van der Waals surface area contributed by atoms with E-state index in [1.165, 1.54) is 0 Å². The normalized spacial score (nSPS) is 22.6. The largest absolute Gasteiger partial charge is 0.389 e. The highest BCUT2D eigenvalue weighted by Crippen LogP contribution is 2.22. The van der Waals surface area contributed by atoms with Crippen LogP contribution in [0, 0.1) is 5.92 Å². The molecule has 1 unspecified atom stereocenters. The Morgan fingerprint density at radius 2 is 1.91 bits per heavy atom. The maximum Gasteiger partial charge on any atom is 0.0746 e. The van der Waals surface area contributed by atoms with E-state index < -0.39 is 0 Å². The molecule has 0 aliphatic heterocycles. The van der Waals surface area contributed by atoms with Gasteiger partial charge in [0.05, 0.1) is 6.10 Å². The highest BCUT2D eigenvalue weighted by atomic mass is 16.3. The van der Waals surface area contributed by atoms with E-state index in [0.29, 0.717) is 5.92 Å². The van der Waals surface area contributed by atoms with Gasteiger partial charge in [-0.1, -0.05) is 18.2 Å². The second kappa shape index (κ2) is 4.35. The van der Waals surface area contributed by atoms with Crippen LogP contribution in [0.1, 0.15) is 25.7 Å². The minimum Gasteiger partial charge on any atom is -0.389 e. The Balaban J connectivity index is 2.39. The van der Waals surface area contributed by atoms with Gasteiger partial charge in [0.1, 0.15) is 0 Å². The van der Waals surface area contributed by atoms with Gasteiger partial charge in [-0.15, -0.1) is 6.58 Å². The number of rotatable bonds is 2. The first kappa shape index (κ1) is 8.54. The van der Waals surface area contributed by atoms with Crippen molar-refractivity contribution in [3.8, 4) is 0 Å². The van der Waals surface area contributed by atoms with Gasteiger partial charge in [-0.25, -0.2) is 0 Å². The molecule has 0 bridgehead atoms. The number of aliphatic hydroxyl groups is 1. The highest BCUT2D eigenvalue weighted by molar-refractivity contribution is 4.92. The summed E-state index contributed by atoms with van der Waals surface area (Å²) in [5, 5.41) is 9.46. The molecule has 0 aromatic heterocycles. The minimum absolute atomic E-state index is 0.296. The molecule has 1 aliphatic carbocycles. The molecule has 0 amide bonds. The van der Waals surface area contributed by atoms with Gasteiger partial charge < -0.3 is 5.11 Å². The van der Waals surface area contributed by atoms with Crippen LogP contribution >= 0.6 is 0 Å². The summed E-state index contributed by atoms with van der Waals surface area (Å²) >= 11 is 0. The van der Waals surface area contributed by atoms with Gasteiger partial charge in [0, 0.05) is 0 Å². The number of aliphatic hydroxyl groups excluding tert-OH is 1. The molecule has 1 N–H and O–H groups in total. The highest BCUT2D eigenvalue weighted by Gasteiger charge is 2.15. The Labute approximate surface area is 68.4 Å². The van der Waals surface area contributed by atoms with Crippen molar-refractivity contribution in [2.45, 2.75) is 31.8 Å². The van der Waals surface area contributed by atoms with E-state index in [4.69, 9.17) is 0 Å². The van der Waals surface area contributed by atoms with Crippen molar-refractivity contribution in [1.82, 2.24) is 0 Å². The number of hydrogen-bond donors (Lipinski definition) is 1. The Kier molecular flexibility index (Phi) is 3.37. The summed E-state index contributed by atoms with van der Waals surface area (Å²) in [6.07, 6.45) is 10.2. The lowest BCUT2D eigenvalue weighted by Gasteiger charge is -2.17. The summed E-state index contributed by atoms with van der Waals surface area (Å²) in [5.41, 5.74) is 0. The predicted molar refractivity (Wildman–Crippen MR) is 47.3 cm³/mol. The molecule has 0 fully saturated rings. The number of hydrogen-bond acceptors (Lipinski definition) is 1. The summed E-state index contributed by atoms with van der Waals surface area (Å²) in [4.78, 5) is 0. The summed E-state index contributed by atoms with van der Waals surface area (Å²) in [6, 6.07) is 0. The van der Waals surface area contributed by atoms with Crippen molar-refractivity contribution in [2.75, 3.05) is 0 Å². The van der Waals surface area contributed by atoms with Gasteiger partial charge in [0.2, 0.25) is 0 Å². The lowest BCUT2D eigenvalue weighted by atomic mass is 9.94. The fourth-order valence-corrected chi connectivity index (χ4v) is 1.53. The Morgan fingerprint density at radius 1 is 1.36 bits per heavy atom. The molecule has 1 atom stereocenters. The van der Waals surface area contributed by atoms with Crippen molar-refractivity contribution >= 4 is 0 Å². The average molecular weight is 152 g/mol. The standard InChI is InChI=1S/C10H16O/c1-2-10(11)9-7-5-3-4-6-8-9/h2-4,9-11H,1,5-8H2. The van der Waals surface area contributed by atoms with Crippen molar-refractivity contribution in [2.24, 2.45) is 5.92 Å². The van der Waals surface area contributed by atoms with Crippen LogP contribution in [0.4, 0.5) is 0 Å². The first-order valence-electron chi connectivity index (χ1n) is 4.30. The van der Waals surface area contributed by atoms with Crippen molar-refractivity contribution < 1.29 is 5.11 Å². The second-order valence-corrected chi connectivity index (χ2v) is 3.11. The Morgan fingerprint density at radius 3 is 2.36 bits per heavy atom. The molecule has 1 heteroatoms. The first-order valence-corrected chi connectivity index (χ1v) is 4.30. The van der Waals surface area contributed by atoms with E-state index in [1.54, 1.807) is 6.08 Å². The quantitative estimate of drug-likeness (QED) is 0.602. The predicted octanol–water partition coefficient (Wildman–Crippen LogP) is 2.28. The lowest BCUT2D eigenvalue weighted by molar-refractivity contribution is 0.143. The molecule has 0 aromatic rings. The molecule has 1 rings (SSSR count). The summed E-state index contributed by atoms with van der Waals surface area (Å²) in [5.74, 6) is 0.433. The molecule has 0 saturated carbocycles. The van der Waals surface area contributed by atoms with Crippen LogP contribution in [0.15, 0.2) is 24.8 Å². The monoisotopic (exact) mass is 152 g/mol. The maximum absolute atomic E-state index is 9.46. The van der Waals surface area contributed by atoms with Crippen molar-refractivity contribution in [1.29, 1.82) is 0 Å². The van der Waals surface area contributed by atoms with Gasteiger partial charge in [-0.3, -0.25) is 0 Å². The third-order valence-corrected chi connectivity index (χ3v) is 2.30. The topological polar surface area (TPSA) is 20.2 Å². The zero-order valence-electron chi connectivity index (χ0n) is 6.87. The minimum atomic E-state index is -0.296. The smallest absolute Gasteiger partial charge is 0.0746 e. The summed E-state index contributed by atoms with van der Waals surface area (Å²) < 4.78 is 0. The van der Waals surface area contributed by atoms with Crippen LogP contribution < -0.4 is 0 Å². The molecule has 0 aromatic carbocycles. The molecule has 1 aliphatic rings. The van der Waals surface area contributed by atoms with Gasteiger partial charge in [0.15, 0.2) is 0 Å². The van der Waals surface area contributed by atoms with E-state index >= 15 is 0 Å². The van der Waals surface area contributed by atoms with Crippen molar-refractivity contribution in [3.63, 3.8) is 0 Å². The summed E-state index contributed by atoms with van der Waals surface area (Å²) in [6.45, 7) is 3.60. The van der Waals surface area contributed by atoms with E-state index in [0.717, 1.165) is 25.7 Å². The van der Waals surface area contributed by atoms with E-state index in [1.807, 2.05) is 0 Å². The van der Waals surface area contributed by atoms with Crippen LogP contribution in [0.3, 0.4) is 0 Å². The zero-order valence-corrected chi connectivity index (χ0v) is 6.87. The summed E-state index contributed by atoms with van der Waals surface area (Å²) in [7, 11) is 0. The SMILES string of the molecule is C=CC(O)C1CCC=CCC1. The fourth-order valence-electron chi connectivity index (χ4n) is 1.53. The average Bonchev–Trinajstić information content (AvgIpc) is 2.30. The molecule has 0 heterocycles. The van der Waals surface area contributed by atoms with E-state index in [-0.39, 0.29) is 6.10 Å². The van der Waals surface area contributed by atoms with Gasteiger partial charge >= 0.3 is 0 Å². The molecule has 0 radical (unpaired) electrons. The number of allylic oxidation sites excluding steroid dienone is 2. The molecule has 0 saturated heterocycles. The van der Waals surface area contributed by atoms with Crippen LogP contribution in [-0.2, 0) is 0 Å². The van der Waals surface area contributed by atoms with E-state index in [9.17, 15) is 5.11 Å². The molecular weight excluding hydrogens is 136 g/mol. The van der Waals surface area contributed by atoms with Crippen LogP contribution in [0.25, 0.3) is 0 Å². The lowest BCUT2D eigenvalue weighted by Crippen LogP contribution is -2.16.